The minimum absolute atomic E-state index is 0.0628. The number of aromatic nitrogens is 12. The van der Waals surface area contributed by atoms with Crippen molar-refractivity contribution in [2.45, 2.75) is 34.6 Å². The van der Waals surface area contributed by atoms with Gasteiger partial charge in [-0.2, -0.15) is 14.9 Å². The summed E-state index contributed by atoms with van der Waals surface area (Å²) in [5, 5.41) is 47.7. The van der Waals surface area contributed by atoms with Crippen LogP contribution in [0.1, 0.15) is 28.3 Å². The van der Waals surface area contributed by atoms with Gasteiger partial charge in [0.15, 0.2) is 0 Å². The van der Waals surface area contributed by atoms with E-state index >= 15 is 0 Å². The number of nitrogens with zero attached hydrogens (tertiary/aromatic N) is 14. The van der Waals surface area contributed by atoms with E-state index in [2.05, 4.69) is 77.1 Å². The second-order valence-electron chi connectivity index (χ2n) is 6.30. The van der Waals surface area contributed by atoms with Crippen LogP contribution in [0.3, 0.4) is 0 Å². The van der Waals surface area contributed by atoms with Crippen LogP contribution >= 0.6 is 15.9 Å². The van der Waals surface area contributed by atoms with E-state index in [0.29, 0.717) is 0 Å². The largest absolute Gasteiger partial charge is 0.306 e. The van der Waals surface area contributed by atoms with Gasteiger partial charge in [-0.15, -0.1) is 51.0 Å². The summed E-state index contributed by atoms with van der Waals surface area (Å²) in [5.74, 6) is 0.320. The Balaban J connectivity index is 1.51. The molecule has 14 nitrogen and oxygen atoms in total. The summed E-state index contributed by atoms with van der Waals surface area (Å²) in [6.07, 6.45) is 0. The van der Waals surface area contributed by atoms with Gasteiger partial charge in [0.05, 0.1) is 21.6 Å². The lowest BCUT2D eigenvalue weighted by molar-refractivity contribution is 0.699. The second-order valence-corrected chi connectivity index (χ2v) is 7.10. The zero-order chi connectivity index (χ0) is 21.4. The van der Waals surface area contributed by atoms with Crippen molar-refractivity contribution in [1.29, 1.82) is 0 Å². The van der Waals surface area contributed by atoms with Crippen molar-refractivity contribution in [1.82, 2.24) is 60.4 Å². The maximum atomic E-state index is 4.36. The van der Waals surface area contributed by atoms with Gasteiger partial charge >= 0.3 is 11.9 Å². The lowest BCUT2D eigenvalue weighted by atomic mass is 10.2. The van der Waals surface area contributed by atoms with Gasteiger partial charge in [0.25, 0.3) is 11.9 Å². The molecule has 0 N–H and O–H groups in total. The summed E-state index contributed by atoms with van der Waals surface area (Å²) in [6.45, 7) is 9.52. The van der Waals surface area contributed by atoms with Crippen molar-refractivity contribution >= 4 is 27.8 Å². The minimum atomic E-state index is -0.0683. The molecule has 0 unspecified atom stereocenters. The van der Waals surface area contributed by atoms with E-state index in [-0.39, 0.29) is 23.8 Å². The summed E-state index contributed by atoms with van der Waals surface area (Å²) in [7, 11) is 0. The molecule has 0 aliphatic heterocycles. The normalized spacial score (nSPS) is 11.5. The van der Waals surface area contributed by atoms with Crippen LogP contribution < -0.4 is 0 Å². The maximum Gasteiger partial charge on any atom is 0.306 e. The number of aryl methyl sites for hydroxylation is 2. The first-order valence-electron chi connectivity index (χ1n) is 8.67. The van der Waals surface area contributed by atoms with Gasteiger partial charge in [0.2, 0.25) is 0 Å². The van der Waals surface area contributed by atoms with Gasteiger partial charge < -0.3 is 0 Å². The van der Waals surface area contributed by atoms with Crippen molar-refractivity contribution < 1.29 is 0 Å². The van der Waals surface area contributed by atoms with Crippen LogP contribution in [0.5, 0.6) is 0 Å². The van der Waals surface area contributed by atoms with E-state index in [9.17, 15) is 0 Å². The fraction of sp³-hybridized carbons (Fsp3) is 0.333. The van der Waals surface area contributed by atoms with E-state index in [1.54, 1.807) is 4.68 Å². The Morgan fingerprint density at radius 3 is 1.40 bits per heavy atom. The van der Waals surface area contributed by atoms with Crippen LogP contribution in [0.25, 0.3) is 11.9 Å². The van der Waals surface area contributed by atoms with Gasteiger partial charge in [0.1, 0.15) is 0 Å². The Bertz CT molecular complexity index is 1140. The Labute approximate surface area is 178 Å². The average molecular weight is 471 g/mol. The number of halogens is 1. The summed E-state index contributed by atoms with van der Waals surface area (Å²) < 4.78 is 3.96. The molecular formula is C15H15BrN14. The maximum absolute atomic E-state index is 4.36. The molecule has 4 aromatic heterocycles. The van der Waals surface area contributed by atoms with E-state index < -0.39 is 0 Å². The Hall–Kier alpha value is -3.62. The summed E-state index contributed by atoms with van der Waals surface area (Å²) in [5.41, 5.74) is 4.47. The van der Waals surface area contributed by atoms with E-state index in [1.165, 1.54) is 4.68 Å². The third-order valence-corrected chi connectivity index (χ3v) is 5.53. The predicted octanol–water partition coefficient (Wildman–Crippen LogP) is 1.94. The molecule has 0 aromatic carbocycles. The standard InChI is InChI=1S/C15H15BrN14/c1-6-7(2)27-29(9(6)4)14-23-19-12(20-24-14)17-18-13-21-25-15(26-22-13)30-10(5)11(16)8(3)28-30/h1-5H3. The fourth-order valence-corrected chi connectivity index (χ4v) is 2.76. The highest BCUT2D eigenvalue weighted by Gasteiger charge is 2.14. The van der Waals surface area contributed by atoms with Crippen molar-refractivity contribution in [3.63, 3.8) is 0 Å². The first-order chi connectivity index (χ1) is 14.3. The number of hydrogen-bond acceptors (Lipinski definition) is 12. The first-order valence-corrected chi connectivity index (χ1v) is 9.46. The third kappa shape index (κ3) is 3.54. The molecule has 15 heteroatoms. The van der Waals surface area contributed by atoms with E-state index in [4.69, 9.17) is 0 Å². The third-order valence-electron chi connectivity index (χ3n) is 4.38. The highest BCUT2D eigenvalue weighted by Crippen LogP contribution is 2.21. The molecule has 0 saturated carbocycles. The fourth-order valence-electron chi connectivity index (χ4n) is 2.51. The van der Waals surface area contributed by atoms with E-state index in [0.717, 1.165) is 32.8 Å². The molecule has 0 aliphatic carbocycles. The monoisotopic (exact) mass is 470 g/mol. The quantitative estimate of drug-likeness (QED) is 0.402. The van der Waals surface area contributed by atoms with Crippen molar-refractivity contribution in [3.8, 4) is 11.9 Å². The minimum Gasteiger partial charge on any atom is -0.200 e. The highest BCUT2D eigenvalue weighted by molar-refractivity contribution is 9.10. The Morgan fingerprint density at radius 2 is 1.03 bits per heavy atom. The average Bonchev–Trinajstić information content (AvgIpc) is 3.17. The molecule has 30 heavy (non-hydrogen) atoms. The molecule has 0 bridgehead atoms. The van der Waals surface area contributed by atoms with Crippen molar-refractivity contribution in [3.05, 3.63) is 32.8 Å². The molecule has 0 saturated heterocycles. The lowest BCUT2D eigenvalue weighted by Gasteiger charge is -2.00. The number of rotatable bonds is 4. The number of hydrogen-bond donors (Lipinski definition) is 0. The van der Waals surface area contributed by atoms with Crippen LogP contribution in [0, 0.1) is 34.6 Å². The number of azo groups is 1. The van der Waals surface area contributed by atoms with Crippen LogP contribution in [-0.4, -0.2) is 60.4 Å². The SMILES string of the molecule is Cc1nn(-c2nnc(N=Nc3nnc(-n4nc(C)c(Br)c4C)nn3)nn2)c(C)c1C. The van der Waals surface area contributed by atoms with Gasteiger partial charge in [-0.25, -0.2) is 4.68 Å². The molecule has 4 aromatic rings. The van der Waals surface area contributed by atoms with Crippen LogP contribution in [0.4, 0.5) is 11.9 Å². The molecule has 0 atom stereocenters. The molecule has 0 radical (unpaired) electrons. The molecule has 4 rings (SSSR count). The summed E-state index contributed by atoms with van der Waals surface area (Å²) >= 11 is 3.45. The Kier molecular flexibility index (Phi) is 5.03. The van der Waals surface area contributed by atoms with Crippen LogP contribution in [-0.2, 0) is 0 Å². The summed E-state index contributed by atoms with van der Waals surface area (Å²) in [6, 6.07) is 0. The van der Waals surface area contributed by atoms with Crippen LogP contribution in [0.2, 0.25) is 0 Å². The molecule has 0 fully saturated rings. The zero-order valence-corrected chi connectivity index (χ0v) is 18.2. The Morgan fingerprint density at radius 1 is 0.600 bits per heavy atom. The zero-order valence-electron chi connectivity index (χ0n) is 16.6. The molecule has 0 amide bonds. The van der Waals surface area contributed by atoms with E-state index in [1.807, 2.05) is 34.6 Å². The summed E-state index contributed by atoms with van der Waals surface area (Å²) in [4.78, 5) is 0. The van der Waals surface area contributed by atoms with Crippen molar-refractivity contribution in [2.75, 3.05) is 0 Å². The van der Waals surface area contributed by atoms with Gasteiger partial charge in [-0.05, 0) is 56.1 Å². The lowest BCUT2D eigenvalue weighted by Crippen LogP contribution is -2.08. The highest BCUT2D eigenvalue weighted by atomic mass is 79.9. The van der Waals surface area contributed by atoms with Gasteiger partial charge in [0, 0.05) is 5.69 Å². The topological polar surface area (TPSA) is 163 Å². The molecule has 0 aliphatic rings. The first kappa shape index (κ1) is 19.7. The predicted molar refractivity (Wildman–Crippen MR) is 105 cm³/mol. The molecular weight excluding hydrogens is 456 g/mol. The molecule has 152 valence electrons. The second kappa shape index (κ2) is 7.66. The van der Waals surface area contributed by atoms with Crippen molar-refractivity contribution in [2.24, 2.45) is 10.2 Å². The van der Waals surface area contributed by atoms with Crippen LogP contribution in [0.15, 0.2) is 14.7 Å². The van der Waals surface area contributed by atoms with Gasteiger partial charge in [-0.1, -0.05) is 0 Å². The van der Waals surface area contributed by atoms with Gasteiger partial charge in [-0.3, -0.25) is 0 Å². The molecule has 0 spiro atoms. The smallest absolute Gasteiger partial charge is 0.200 e. The molecule has 4 heterocycles.